The average Bonchev–Trinajstić information content (AvgIpc) is 2.21. The Labute approximate surface area is 85.9 Å². The minimum absolute atomic E-state index is 0.0872. The maximum absolute atomic E-state index is 11.2. The molecule has 0 atom stereocenters. The molecule has 1 aromatic carbocycles. The number of hydrogen-bond acceptors (Lipinski definition) is 2. The van der Waals surface area contributed by atoms with Gasteiger partial charge in [0.1, 0.15) is 0 Å². The van der Waals surface area contributed by atoms with Crippen LogP contribution in [0.5, 0.6) is 0 Å². The third-order valence-corrected chi connectivity index (χ3v) is 3.18. The van der Waals surface area contributed by atoms with Gasteiger partial charge in [0.15, 0.2) is 5.88 Å². The van der Waals surface area contributed by atoms with Crippen LogP contribution in [0.3, 0.4) is 0 Å². The molecule has 0 aromatic heterocycles. The second kappa shape index (κ2) is 5.78. The van der Waals surface area contributed by atoms with Crippen LogP contribution in [-0.2, 0) is 9.84 Å². The summed E-state index contributed by atoms with van der Waals surface area (Å²) < 4.78 is 22.5. The summed E-state index contributed by atoms with van der Waals surface area (Å²) in [5.74, 6) is -0.0872. The number of quaternary nitrogens is 1. The van der Waals surface area contributed by atoms with E-state index in [4.69, 9.17) is 0 Å². The fraction of sp³-hybridized carbons (Fsp3) is 0.400. The van der Waals surface area contributed by atoms with Gasteiger partial charge in [0.05, 0.1) is 4.90 Å². The molecule has 3 N–H and O–H groups in total. The molecular formula is C10H18NO2S+. The fourth-order valence-corrected chi connectivity index (χ4v) is 1.65. The Balaban J connectivity index is 0.000000791. The van der Waals surface area contributed by atoms with Crippen molar-refractivity contribution in [1.29, 1.82) is 0 Å². The predicted octanol–water partition coefficient (Wildman–Crippen LogP) is 0.994. The molecule has 0 aliphatic rings. The highest BCUT2D eigenvalue weighted by molar-refractivity contribution is 7.91. The molecule has 14 heavy (non-hydrogen) atoms. The smallest absolute Gasteiger partial charge is 0.228 e. The molecule has 80 valence electrons. The van der Waals surface area contributed by atoms with Crippen molar-refractivity contribution >= 4 is 9.84 Å². The zero-order valence-electron chi connectivity index (χ0n) is 8.95. The van der Waals surface area contributed by atoms with E-state index < -0.39 is 9.84 Å². The van der Waals surface area contributed by atoms with Crippen LogP contribution in [0.4, 0.5) is 0 Å². The number of benzene rings is 1. The van der Waals surface area contributed by atoms with Gasteiger partial charge >= 0.3 is 0 Å². The normalized spacial score (nSPS) is 10.3. The number of aryl methyl sites for hydroxylation is 1. The van der Waals surface area contributed by atoms with Crippen LogP contribution >= 0.6 is 0 Å². The van der Waals surface area contributed by atoms with E-state index in [-0.39, 0.29) is 5.88 Å². The monoisotopic (exact) mass is 216 g/mol. The third kappa shape index (κ3) is 3.47. The molecule has 0 unspecified atom stereocenters. The number of rotatable bonds is 2. The highest BCUT2D eigenvalue weighted by atomic mass is 32.2. The molecule has 4 heteroatoms. The van der Waals surface area contributed by atoms with Crippen LogP contribution in [-0.4, -0.2) is 14.3 Å². The van der Waals surface area contributed by atoms with Crippen LogP contribution in [0.2, 0.25) is 0 Å². The summed E-state index contributed by atoms with van der Waals surface area (Å²) in [6.07, 6.45) is 0. The van der Waals surface area contributed by atoms with Gasteiger partial charge in [-0.3, -0.25) is 0 Å². The van der Waals surface area contributed by atoms with Crippen LogP contribution in [0.15, 0.2) is 29.2 Å². The fourth-order valence-electron chi connectivity index (χ4n) is 0.863. The van der Waals surface area contributed by atoms with Gasteiger partial charge in [0.2, 0.25) is 9.84 Å². The molecule has 0 saturated heterocycles. The Morgan fingerprint density at radius 1 is 1.14 bits per heavy atom. The standard InChI is InChI=1S/C8H11NO2S.C2H6/c1-7-2-4-8(5-3-7)12(10,11)6-9;1-2/h2-5H,6,9H2,1H3;1-2H3/p+1. The highest BCUT2D eigenvalue weighted by Gasteiger charge is 2.12. The van der Waals surface area contributed by atoms with Crippen molar-refractivity contribution in [2.75, 3.05) is 5.88 Å². The molecule has 0 aliphatic heterocycles. The minimum atomic E-state index is -3.13. The first-order chi connectivity index (χ1) is 6.56. The zero-order chi connectivity index (χ0) is 11.2. The third-order valence-electron chi connectivity index (χ3n) is 1.65. The van der Waals surface area contributed by atoms with Crippen molar-refractivity contribution in [2.24, 2.45) is 0 Å². The minimum Gasteiger partial charge on any atom is -0.345 e. The molecule has 0 aliphatic carbocycles. The molecule has 0 saturated carbocycles. The Kier molecular flexibility index (Phi) is 5.42. The number of sulfone groups is 1. The van der Waals surface area contributed by atoms with Crippen LogP contribution in [0.25, 0.3) is 0 Å². The van der Waals surface area contributed by atoms with E-state index in [0.29, 0.717) is 4.90 Å². The van der Waals surface area contributed by atoms with Crippen LogP contribution in [0, 0.1) is 6.92 Å². The van der Waals surface area contributed by atoms with Crippen LogP contribution in [0.1, 0.15) is 19.4 Å². The lowest BCUT2D eigenvalue weighted by atomic mass is 10.2. The summed E-state index contributed by atoms with van der Waals surface area (Å²) in [7, 11) is -3.13. The average molecular weight is 216 g/mol. The molecular weight excluding hydrogens is 198 g/mol. The second-order valence-electron chi connectivity index (χ2n) is 2.63. The summed E-state index contributed by atoms with van der Waals surface area (Å²) in [6.45, 7) is 5.92. The van der Waals surface area contributed by atoms with Gasteiger partial charge in [0, 0.05) is 0 Å². The number of hydrogen-bond donors (Lipinski definition) is 1. The summed E-state index contributed by atoms with van der Waals surface area (Å²) in [5, 5.41) is 0. The largest absolute Gasteiger partial charge is 0.345 e. The van der Waals surface area contributed by atoms with E-state index in [2.05, 4.69) is 5.73 Å². The van der Waals surface area contributed by atoms with Crippen molar-refractivity contribution in [3.05, 3.63) is 29.8 Å². The molecule has 0 spiro atoms. The summed E-state index contributed by atoms with van der Waals surface area (Å²) >= 11 is 0. The summed E-state index contributed by atoms with van der Waals surface area (Å²) in [4.78, 5) is 0.350. The van der Waals surface area contributed by atoms with Gasteiger partial charge in [-0.1, -0.05) is 31.5 Å². The summed E-state index contributed by atoms with van der Waals surface area (Å²) in [6, 6.07) is 6.77. The van der Waals surface area contributed by atoms with E-state index in [1.54, 1.807) is 24.3 Å². The van der Waals surface area contributed by atoms with Crippen molar-refractivity contribution in [2.45, 2.75) is 25.7 Å². The lowest BCUT2D eigenvalue weighted by Gasteiger charge is -1.98. The van der Waals surface area contributed by atoms with Crippen LogP contribution < -0.4 is 5.73 Å². The van der Waals surface area contributed by atoms with Crippen molar-refractivity contribution in [3.8, 4) is 0 Å². The molecule has 0 radical (unpaired) electrons. The first-order valence-electron chi connectivity index (χ1n) is 4.65. The van der Waals surface area contributed by atoms with E-state index in [1.165, 1.54) is 0 Å². The first-order valence-corrected chi connectivity index (χ1v) is 6.30. The van der Waals surface area contributed by atoms with E-state index in [1.807, 2.05) is 20.8 Å². The SMILES string of the molecule is CC.Cc1ccc(S(=O)(=O)C[NH3+])cc1. The zero-order valence-corrected chi connectivity index (χ0v) is 9.76. The Morgan fingerprint density at radius 3 is 1.93 bits per heavy atom. The molecule has 0 heterocycles. The van der Waals surface area contributed by atoms with E-state index in [0.717, 1.165) is 5.56 Å². The van der Waals surface area contributed by atoms with Crippen molar-refractivity contribution in [3.63, 3.8) is 0 Å². The van der Waals surface area contributed by atoms with Gasteiger partial charge in [-0.2, -0.15) is 0 Å². The Hall–Kier alpha value is -0.870. The van der Waals surface area contributed by atoms with Crippen molar-refractivity contribution in [1.82, 2.24) is 0 Å². The Bertz CT molecular complexity index is 354. The Morgan fingerprint density at radius 2 is 1.57 bits per heavy atom. The lowest BCUT2D eigenvalue weighted by molar-refractivity contribution is -0.340. The molecule has 1 rings (SSSR count). The maximum atomic E-state index is 11.2. The van der Waals surface area contributed by atoms with Gasteiger partial charge in [-0.25, -0.2) is 8.42 Å². The lowest BCUT2D eigenvalue weighted by Crippen LogP contribution is -2.53. The maximum Gasteiger partial charge on any atom is 0.228 e. The first kappa shape index (κ1) is 13.1. The van der Waals surface area contributed by atoms with Gasteiger partial charge < -0.3 is 5.73 Å². The highest BCUT2D eigenvalue weighted by Crippen LogP contribution is 2.09. The second-order valence-corrected chi connectivity index (χ2v) is 4.74. The molecule has 3 nitrogen and oxygen atoms in total. The molecule has 0 amide bonds. The molecule has 1 aromatic rings. The molecule has 0 fully saturated rings. The van der Waals surface area contributed by atoms with E-state index >= 15 is 0 Å². The molecule has 0 bridgehead atoms. The van der Waals surface area contributed by atoms with Gasteiger partial charge in [-0.15, -0.1) is 0 Å². The van der Waals surface area contributed by atoms with E-state index in [9.17, 15) is 8.42 Å². The quantitative estimate of drug-likeness (QED) is 0.801. The predicted molar refractivity (Wildman–Crippen MR) is 57.5 cm³/mol. The van der Waals surface area contributed by atoms with Gasteiger partial charge in [-0.05, 0) is 19.1 Å². The van der Waals surface area contributed by atoms with Gasteiger partial charge in [0.25, 0.3) is 0 Å². The topological polar surface area (TPSA) is 61.8 Å². The van der Waals surface area contributed by atoms with Crippen molar-refractivity contribution < 1.29 is 14.2 Å². The summed E-state index contributed by atoms with van der Waals surface area (Å²) in [5.41, 5.74) is 4.42.